The molecular formula is C14H19N5. The third-order valence-corrected chi connectivity index (χ3v) is 3.26. The zero-order chi connectivity index (χ0) is 13.1. The van der Waals surface area contributed by atoms with Crippen LogP contribution >= 0.6 is 0 Å². The maximum absolute atomic E-state index is 4.64. The van der Waals surface area contributed by atoms with Crippen molar-refractivity contribution >= 4 is 0 Å². The fraction of sp³-hybridized carbons (Fsp3) is 0.500. The Kier molecular flexibility index (Phi) is 3.55. The standard InChI is InChI=1S/C14H19N5/c1-2-3-13-6-11(8-16-12-4-5-12)7-14(18-13)19-10-15-9-17-19/h6-7,9-10,12,16H,2-5,8H2,1H3. The average Bonchev–Trinajstić information content (AvgIpc) is 3.08. The van der Waals surface area contributed by atoms with Crippen molar-refractivity contribution in [3.63, 3.8) is 0 Å². The second-order valence-electron chi connectivity index (χ2n) is 5.07. The van der Waals surface area contributed by atoms with Crippen molar-refractivity contribution in [3.8, 4) is 5.82 Å². The molecule has 0 atom stereocenters. The number of aryl methyl sites for hydroxylation is 1. The first kappa shape index (κ1) is 12.3. The maximum Gasteiger partial charge on any atom is 0.155 e. The molecule has 0 amide bonds. The molecule has 19 heavy (non-hydrogen) atoms. The quantitative estimate of drug-likeness (QED) is 0.858. The molecule has 1 saturated carbocycles. The van der Waals surface area contributed by atoms with Crippen LogP contribution in [0.2, 0.25) is 0 Å². The molecular weight excluding hydrogens is 238 g/mol. The Morgan fingerprint density at radius 2 is 2.26 bits per heavy atom. The van der Waals surface area contributed by atoms with Gasteiger partial charge >= 0.3 is 0 Å². The number of aromatic nitrogens is 4. The van der Waals surface area contributed by atoms with Gasteiger partial charge in [-0.2, -0.15) is 5.10 Å². The molecule has 0 saturated heterocycles. The van der Waals surface area contributed by atoms with Gasteiger partial charge in [0.1, 0.15) is 12.7 Å². The van der Waals surface area contributed by atoms with E-state index in [0.29, 0.717) is 0 Å². The fourth-order valence-electron chi connectivity index (χ4n) is 2.11. The van der Waals surface area contributed by atoms with E-state index in [1.54, 1.807) is 11.0 Å². The van der Waals surface area contributed by atoms with E-state index in [4.69, 9.17) is 0 Å². The zero-order valence-corrected chi connectivity index (χ0v) is 11.2. The first-order valence-electron chi connectivity index (χ1n) is 6.93. The lowest BCUT2D eigenvalue weighted by Crippen LogP contribution is -2.16. The van der Waals surface area contributed by atoms with E-state index in [-0.39, 0.29) is 0 Å². The van der Waals surface area contributed by atoms with Crippen LogP contribution in [0, 0.1) is 0 Å². The summed E-state index contributed by atoms with van der Waals surface area (Å²) in [6.45, 7) is 3.08. The lowest BCUT2D eigenvalue weighted by molar-refractivity contribution is 0.683. The van der Waals surface area contributed by atoms with E-state index in [1.807, 2.05) is 0 Å². The van der Waals surface area contributed by atoms with Crippen molar-refractivity contribution < 1.29 is 0 Å². The van der Waals surface area contributed by atoms with Gasteiger partial charge in [-0.3, -0.25) is 0 Å². The highest BCUT2D eigenvalue weighted by molar-refractivity contribution is 5.30. The maximum atomic E-state index is 4.64. The molecule has 1 fully saturated rings. The van der Waals surface area contributed by atoms with E-state index in [0.717, 1.165) is 36.9 Å². The first-order valence-corrected chi connectivity index (χ1v) is 6.93. The van der Waals surface area contributed by atoms with Crippen molar-refractivity contribution in [1.82, 2.24) is 25.1 Å². The van der Waals surface area contributed by atoms with Gasteiger partial charge in [0, 0.05) is 18.3 Å². The van der Waals surface area contributed by atoms with E-state index >= 15 is 0 Å². The van der Waals surface area contributed by atoms with Crippen LogP contribution in [0.1, 0.15) is 37.4 Å². The second kappa shape index (κ2) is 5.48. The van der Waals surface area contributed by atoms with E-state index in [2.05, 4.69) is 39.4 Å². The summed E-state index contributed by atoms with van der Waals surface area (Å²) in [7, 11) is 0. The van der Waals surface area contributed by atoms with Gasteiger partial charge in [-0.1, -0.05) is 13.3 Å². The van der Waals surface area contributed by atoms with Crippen LogP contribution in [-0.2, 0) is 13.0 Å². The predicted molar refractivity (Wildman–Crippen MR) is 73.0 cm³/mol. The third kappa shape index (κ3) is 3.17. The largest absolute Gasteiger partial charge is 0.310 e. The molecule has 0 bridgehead atoms. The number of hydrogen-bond donors (Lipinski definition) is 1. The molecule has 0 radical (unpaired) electrons. The second-order valence-corrected chi connectivity index (χ2v) is 5.07. The number of rotatable bonds is 6. The summed E-state index contributed by atoms with van der Waals surface area (Å²) in [5.41, 5.74) is 2.40. The predicted octanol–water partition coefficient (Wildman–Crippen LogP) is 1.87. The highest BCUT2D eigenvalue weighted by Crippen LogP contribution is 2.20. The number of nitrogens with zero attached hydrogens (tertiary/aromatic N) is 4. The van der Waals surface area contributed by atoms with Crippen molar-refractivity contribution in [3.05, 3.63) is 36.0 Å². The summed E-state index contributed by atoms with van der Waals surface area (Å²) < 4.78 is 1.72. The van der Waals surface area contributed by atoms with Gasteiger partial charge in [0.05, 0.1) is 0 Å². The molecule has 1 aliphatic carbocycles. The van der Waals surface area contributed by atoms with Crippen LogP contribution in [0.25, 0.3) is 5.82 Å². The Morgan fingerprint density at radius 1 is 1.37 bits per heavy atom. The highest BCUT2D eigenvalue weighted by atomic mass is 15.3. The Balaban J connectivity index is 1.84. The number of pyridine rings is 1. The van der Waals surface area contributed by atoms with E-state index < -0.39 is 0 Å². The Hall–Kier alpha value is -1.75. The van der Waals surface area contributed by atoms with Crippen LogP contribution in [0.4, 0.5) is 0 Å². The van der Waals surface area contributed by atoms with Gasteiger partial charge in [-0.05, 0) is 37.0 Å². The fourth-order valence-corrected chi connectivity index (χ4v) is 2.11. The minimum atomic E-state index is 0.720. The van der Waals surface area contributed by atoms with Crippen LogP contribution in [0.15, 0.2) is 24.8 Å². The summed E-state index contributed by atoms with van der Waals surface area (Å²) in [4.78, 5) is 8.63. The lowest BCUT2D eigenvalue weighted by Gasteiger charge is -2.09. The first-order chi connectivity index (χ1) is 9.35. The van der Waals surface area contributed by atoms with Gasteiger partial charge in [0.25, 0.3) is 0 Å². The summed E-state index contributed by atoms with van der Waals surface area (Å²) in [6.07, 6.45) is 7.94. The zero-order valence-electron chi connectivity index (χ0n) is 11.2. The average molecular weight is 257 g/mol. The molecule has 1 N–H and O–H groups in total. The summed E-state index contributed by atoms with van der Waals surface area (Å²) in [5, 5.41) is 7.70. The molecule has 100 valence electrons. The molecule has 0 aliphatic heterocycles. The number of nitrogens with one attached hydrogen (secondary N) is 1. The SMILES string of the molecule is CCCc1cc(CNC2CC2)cc(-n2cncn2)n1. The van der Waals surface area contributed by atoms with E-state index in [9.17, 15) is 0 Å². The van der Waals surface area contributed by atoms with Gasteiger partial charge in [-0.15, -0.1) is 0 Å². The molecule has 1 aliphatic rings. The molecule has 3 rings (SSSR count). The number of hydrogen-bond acceptors (Lipinski definition) is 4. The van der Waals surface area contributed by atoms with Crippen LogP contribution in [-0.4, -0.2) is 25.8 Å². The minimum absolute atomic E-state index is 0.720. The third-order valence-electron chi connectivity index (χ3n) is 3.26. The van der Waals surface area contributed by atoms with Crippen molar-refractivity contribution in [2.24, 2.45) is 0 Å². The Bertz CT molecular complexity index is 531. The minimum Gasteiger partial charge on any atom is -0.310 e. The Morgan fingerprint density at radius 3 is 2.95 bits per heavy atom. The molecule has 0 spiro atoms. The highest BCUT2D eigenvalue weighted by Gasteiger charge is 2.20. The molecule has 5 nitrogen and oxygen atoms in total. The van der Waals surface area contributed by atoms with Gasteiger partial charge in [0.15, 0.2) is 5.82 Å². The summed E-state index contributed by atoms with van der Waals surface area (Å²) in [6, 6.07) is 5.00. The van der Waals surface area contributed by atoms with Gasteiger partial charge < -0.3 is 5.32 Å². The molecule has 0 unspecified atom stereocenters. The molecule has 2 aromatic rings. The van der Waals surface area contributed by atoms with E-state index in [1.165, 1.54) is 24.7 Å². The van der Waals surface area contributed by atoms with Gasteiger partial charge in [0.2, 0.25) is 0 Å². The smallest absolute Gasteiger partial charge is 0.155 e. The Labute approximate surface area is 113 Å². The topological polar surface area (TPSA) is 55.6 Å². The van der Waals surface area contributed by atoms with Crippen LogP contribution in [0.5, 0.6) is 0 Å². The monoisotopic (exact) mass is 257 g/mol. The molecule has 2 aromatic heterocycles. The summed E-state index contributed by atoms with van der Waals surface area (Å²) in [5.74, 6) is 0.857. The lowest BCUT2D eigenvalue weighted by atomic mass is 10.1. The van der Waals surface area contributed by atoms with Crippen LogP contribution in [0.3, 0.4) is 0 Å². The molecule has 0 aromatic carbocycles. The van der Waals surface area contributed by atoms with Crippen molar-refractivity contribution in [2.45, 2.75) is 45.2 Å². The molecule has 2 heterocycles. The summed E-state index contributed by atoms with van der Waals surface area (Å²) >= 11 is 0. The van der Waals surface area contributed by atoms with Crippen molar-refractivity contribution in [1.29, 1.82) is 0 Å². The van der Waals surface area contributed by atoms with Crippen molar-refractivity contribution in [2.75, 3.05) is 0 Å². The normalized spacial score (nSPS) is 14.8. The van der Waals surface area contributed by atoms with Crippen LogP contribution < -0.4 is 5.32 Å². The molecule has 5 heteroatoms. The van der Waals surface area contributed by atoms with Gasteiger partial charge in [-0.25, -0.2) is 14.6 Å².